The van der Waals surface area contributed by atoms with Crippen LogP contribution in [-0.4, -0.2) is 43.4 Å². The Bertz CT molecular complexity index is 868. The van der Waals surface area contributed by atoms with Gasteiger partial charge in [-0.05, 0) is 37.6 Å². The Labute approximate surface area is 153 Å². The summed E-state index contributed by atoms with van der Waals surface area (Å²) in [6.45, 7) is 2.28. The predicted octanol–water partition coefficient (Wildman–Crippen LogP) is 3.52. The monoisotopic (exact) mass is 374 g/mol. The topological polar surface area (TPSA) is 75.7 Å². The largest absolute Gasteiger partial charge is 0.455 e. The van der Waals surface area contributed by atoms with Crippen LogP contribution in [0.4, 0.5) is 10.5 Å². The molecule has 1 saturated heterocycles. The highest BCUT2D eigenvalue weighted by Gasteiger charge is 2.34. The molecule has 1 atom stereocenters. The fourth-order valence-corrected chi connectivity index (χ4v) is 4.78. The Balaban J connectivity index is 1.74. The third-order valence-corrected chi connectivity index (χ3v) is 6.10. The van der Waals surface area contributed by atoms with E-state index in [4.69, 9.17) is 4.74 Å². The Morgan fingerprint density at radius 1 is 1.15 bits per heavy atom. The minimum atomic E-state index is -3.05. The zero-order chi connectivity index (χ0) is 18.6. The first-order valence-corrected chi connectivity index (χ1v) is 10.4. The molecule has 2 aromatic rings. The van der Waals surface area contributed by atoms with E-state index in [9.17, 15) is 13.2 Å². The third kappa shape index (κ3) is 4.35. The summed E-state index contributed by atoms with van der Waals surface area (Å²) in [7, 11) is -3.05. The number of carbonyl (C=O) groups is 1. The lowest BCUT2D eigenvalue weighted by Gasteiger charge is -2.27. The van der Waals surface area contributed by atoms with Gasteiger partial charge in [0.25, 0.3) is 0 Å². The van der Waals surface area contributed by atoms with E-state index in [1.165, 1.54) is 0 Å². The molecule has 0 bridgehead atoms. The Morgan fingerprint density at radius 3 is 2.50 bits per heavy atom. The number of nitrogens with zero attached hydrogens (tertiary/aromatic N) is 1. The lowest BCUT2D eigenvalue weighted by atomic mass is 10.2. The zero-order valence-electron chi connectivity index (χ0n) is 14.6. The van der Waals surface area contributed by atoms with Crippen molar-refractivity contribution in [3.8, 4) is 11.5 Å². The summed E-state index contributed by atoms with van der Waals surface area (Å²) in [6, 6.07) is 15.9. The number of carbonyl (C=O) groups excluding carboxylic acids is 1. The summed E-state index contributed by atoms with van der Waals surface area (Å²) >= 11 is 0. The van der Waals surface area contributed by atoms with Crippen molar-refractivity contribution in [3.05, 3.63) is 54.6 Å². The summed E-state index contributed by atoms with van der Waals surface area (Å²) in [5.74, 6) is 1.36. The van der Waals surface area contributed by atoms with E-state index < -0.39 is 9.84 Å². The Hall–Kier alpha value is -2.54. The van der Waals surface area contributed by atoms with Crippen LogP contribution in [0.3, 0.4) is 0 Å². The molecular formula is C19H22N2O4S. The second-order valence-electron chi connectivity index (χ2n) is 6.18. The van der Waals surface area contributed by atoms with Crippen molar-refractivity contribution in [1.82, 2.24) is 4.90 Å². The van der Waals surface area contributed by atoms with Gasteiger partial charge in [-0.15, -0.1) is 0 Å². The molecule has 0 radical (unpaired) electrons. The van der Waals surface area contributed by atoms with Gasteiger partial charge in [-0.3, -0.25) is 0 Å². The number of rotatable bonds is 5. The Kier molecular flexibility index (Phi) is 5.46. The molecule has 0 spiro atoms. The van der Waals surface area contributed by atoms with Crippen molar-refractivity contribution < 1.29 is 17.9 Å². The highest BCUT2D eigenvalue weighted by atomic mass is 32.2. The standard InChI is InChI=1S/C19H22N2O4S/c1-2-21(15-12-13-26(23,24)14-15)19(22)20-17-10-6-7-11-18(17)25-16-8-4-3-5-9-16/h3-11,15H,2,12-14H2,1H3,(H,20,22). The van der Waals surface area contributed by atoms with Gasteiger partial charge >= 0.3 is 6.03 Å². The number of anilines is 1. The fourth-order valence-electron chi connectivity index (χ4n) is 3.05. The number of urea groups is 1. The van der Waals surface area contributed by atoms with Crippen LogP contribution in [0.25, 0.3) is 0 Å². The molecule has 0 aromatic heterocycles. The molecule has 1 aliphatic heterocycles. The third-order valence-electron chi connectivity index (χ3n) is 4.35. The first-order chi connectivity index (χ1) is 12.5. The minimum absolute atomic E-state index is 0.0242. The van der Waals surface area contributed by atoms with Gasteiger partial charge in [0, 0.05) is 12.6 Å². The van der Waals surface area contributed by atoms with Crippen LogP contribution in [0.5, 0.6) is 11.5 Å². The maximum absolute atomic E-state index is 12.7. The number of para-hydroxylation sites is 3. The van der Waals surface area contributed by atoms with Gasteiger partial charge in [-0.2, -0.15) is 0 Å². The average Bonchev–Trinajstić information content (AvgIpc) is 2.98. The van der Waals surface area contributed by atoms with Crippen LogP contribution < -0.4 is 10.1 Å². The molecule has 26 heavy (non-hydrogen) atoms. The molecule has 1 aliphatic rings. The number of sulfone groups is 1. The maximum Gasteiger partial charge on any atom is 0.322 e. The van der Waals surface area contributed by atoms with Crippen molar-refractivity contribution in [2.75, 3.05) is 23.4 Å². The molecular weight excluding hydrogens is 352 g/mol. The van der Waals surface area contributed by atoms with E-state index in [1.807, 2.05) is 49.4 Å². The average molecular weight is 374 g/mol. The van der Waals surface area contributed by atoms with Gasteiger partial charge in [0.15, 0.2) is 15.6 Å². The summed E-state index contributed by atoms with van der Waals surface area (Å²) < 4.78 is 29.3. The molecule has 1 fully saturated rings. The van der Waals surface area contributed by atoms with Gasteiger partial charge in [-0.1, -0.05) is 30.3 Å². The number of benzene rings is 2. The number of hydrogen-bond donors (Lipinski definition) is 1. The minimum Gasteiger partial charge on any atom is -0.455 e. The van der Waals surface area contributed by atoms with Gasteiger partial charge in [0.2, 0.25) is 0 Å². The zero-order valence-corrected chi connectivity index (χ0v) is 15.4. The summed E-state index contributed by atoms with van der Waals surface area (Å²) in [5, 5.41) is 2.85. The van der Waals surface area contributed by atoms with E-state index in [1.54, 1.807) is 17.0 Å². The summed E-state index contributed by atoms with van der Waals surface area (Å²) in [4.78, 5) is 14.3. The molecule has 2 aromatic carbocycles. The van der Waals surface area contributed by atoms with Crippen LogP contribution in [0.1, 0.15) is 13.3 Å². The SMILES string of the molecule is CCN(C(=O)Nc1ccccc1Oc1ccccc1)C1CCS(=O)(=O)C1. The van der Waals surface area contributed by atoms with Crippen molar-refractivity contribution >= 4 is 21.6 Å². The number of ether oxygens (including phenoxy) is 1. The normalized spacial score (nSPS) is 18.3. The van der Waals surface area contributed by atoms with Gasteiger partial charge < -0.3 is 15.0 Å². The van der Waals surface area contributed by atoms with Crippen LogP contribution >= 0.6 is 0 Å². The van der Waals surface area contributed by atoms with Crippen molar-refractivity contribution in [1.29, 1.82) is 0 Å². The van der Waals surface area contributed by atoms with Crippen LogP contribution in [0, 0.1) is 0 Å². The highest BCUT2D eigenvalue weighted by molar-refractivity contribution is 7.91. The molecule has 6 nitrogen and oxygen atoms in total. The van der Waals surface area contributed by atoms with E-state index in [-0.39, 0.29) is 23.6 Å². The van der Waals surface area contributed by atoms with Gasteiger partial charge in [-0.25, -0.2) is 13.2 Å². The molecule has 3 rings (SSSR count). The highest BCUT2D eigenvalue weighted by Crippen LogP contribution is 2.29. The maximum atomic E-state index is 12.7. The van der Waals surface area contributed by atoms with Gasteiger partial charge in [0.05, 0.1) is 17.2 Å². The summed E-state index contributed by atoms with van der Waals surface area (Å²) in [6.07, 6.45) is 0.478. The van der Waals surface area contributed by atoms with Crippen LogP contribution in [0.2, 0.25) is 0 Å². The first kappa shape index (κ1) is 18.3. The van der Waals surface area contributed by atoms with E-state index in [0.717, 1.165) is 0 Å². The number of amides is 2. The summed E-state index contributed by atoms with van der Waals surface area (Å²) in [5.41, 5.74) is 0.542. The molecule has 0 saturated carbocycles. The molecule has 1 heterocycles. The van der Waals surface area contributed by atoms with Gasteiger partial charge in [0.1, 0.15) is 5.75 Å². The molecule has 1 N–H and O–H groups in total. The van der Waals surface area contributed by atoms with Crippen LogP contribution in [0.15, 0.2) is 54.6 Å². The molecule has 7 heteroatoms. The van der Waals surface area contributed by atoms with E-state index in [2.05, 4.69) is 5.32 Å². The molecule has 0 aliphatic carbocycles. The lowest BCUT2D eigenvalue weighted by Crippen LogP contribution is -2.43. The van der Waals surface area contributed by atoms with Crippen LogP contribution in [-0.2, 0) is 9.84 Å². The number of hydrogen-bond acceptors (Lipinski definition) is 4. The number of nitrogens with one attached hydrogen (secondary N) is 1. The second kappa shape index (κ2) is 7.78. The molecule has 138 valence electrons. The van der Waals surface area contributed by atoms with E-state index >= 15 is 0 Å². The van der Waals surface area contributed by atoms with Crippen molar-refractivity contribution in [3.63, 3.8) is 0 Å². The Morgan fingerprint density at radius 2 is 1.85 bits per heavy atom. The van der Waals surface area contributed by atoms with Crippen molar-refractivity contribution in [2.45, 2.75) is 19.4 Å². The quantitative estimate of drug-likeness (QED) is 0.869. The lowest BCUT2D eigenvalue weighted by molar-refractivity contribution is 0.197. The fraction of sp³-hybridized carbons (Fsp3) is 0.316. The molecule has 2 amide bonds. The van der Waals surface area contributed by atoms with E-state index in [0.29, 0.717) is 30.2 Å². The first-order valence-electron chi connectivity index (χ1n) is 8.58. The smallest absolute Gasteiger partial charge is 0.322 e. The van der Waals surface area contributed by atoms with Crippen molar-refractivity contribution in [2.24, 2.45) is 0 Å². The second-order valence-corrected chi connectivity index (χ2v) is 8.41. The predicted molar refractivity (Wildman–Crippen MR) is 101 cm³/mol. The molecule has 1 unspecified atom stereocenters.